The molecule has 1 N–H and O–H groups in total. The third-order valence-electron chi connectivity index (χ3n) is 3.48. The molecule has 19 heavy (non-hydrogen) atoms. The minimum atomic E-state index is 0.202. The molecule has 0 aliphatic carbocycles. The summed E-state index contributed by atoms with van der Waals surface area (Å²) in [6.45, 7) is 9.97. The van der Waals surface area contributed by atoms with Crippen molar-refractivity contribution in [3.63, 3.8) is 0 Å². The molecule has 1 atom stereocenters. The number of aromatic nitrogens is 1. The van der Waals surface area contributed by atoms with Gasteiger partial charge in [0, 0.05) is 31.4 Å². The lowest BCUT2D eigenvalue weighted by molar-refractivity contribution is 0.335. The number of rotatable bonds is 3. The molecule has 0 amide bonds. The fourth-order valence-corrected chi connectivity index (χ4v) is 2.99. The number of pyridine rings is 1. The van der Waals surface area contributed by atoms with Crippen molar-refractivity contribution >= 4 is 21.7 Å². The van der Waals surface area contributed by atoms with Crippen LogP contribution < -0.4 is 10.2 Å². The van der Waals surface area contributed by atoms with Gasteiger partial charge in [-0.3, -0.25) is 0 Å². The van der Waals surface area contributed by atoms with Gasteiger partial charge in [0.25, 0.3) is 0 Å². The first-order valence-corrected chi connectivity index (χ1v) is 7.85. The van der Waals surface area contributed by atoms with Crippen LogP contribution >= 0.6 is 15.9 Å². The van der Waals surface area contributed by atoms with Gasteiger partial charge in [-0.1, -0.05) is 0 Å². The molecule has 1 aliphatic heterocycles. The first kappa shape index (κ1) is 14.8. The van der Waals surface area contributed by atoms with Crippen LogP contribution in [-0.4, -0.2) is 30.2 Å². The smallest absolute Gasteiger partial charge is 0.142 e. The van der Waals surface area contributed by atoms with E-state index < -0.39 is 0 Å². The average molecular weight is 326 g/mol. The van der Waals surface area contributed by atoms with E-state index in [1.54, 1.807) is 0 Å². The maximum absolute atomic E-state index is 4.50. The summed E-state index contributed by atoms with van der Waals surface area (Å²) in [5, 5.41) is 3.62. The van der Waals surface area contributed by atoms with Crippen molar-refractivity contribution < 1.29 is 0 Å². The van der Waals surface area contributed by atoms with E-state index in [9.17, 15) is 0 Å². The fraction of sp³-hybridized carbons (Fsp3) is 0.667. The predicted molar refractivity (Wildman–Crippen MR) is 84.6 cm³/mol. The Kier molecular flexibility index (Phi) is 4.85. The Morgan fingerprint density at radius 3 is 2.95 bits per heavy atom. The van der Waals surface area contributed by atoms with Gasteiger partial charge in [0.15, 0.2) is 0 Å². The van der Waals surface area contributed by atoms with Crippen LogP contribution in [0.1, 0.15) is 33.6 Å². The minimum absolute atomic E-state index is 0.202. The van der Waals surface area contributed by atoms with Crippen molar-refractivity contribution in [1.82, 2.24) is 10.3 Å². The first-order chi connectivity index (χ1) is 8.96. The first-order valence-electron chi connectivity index (χ1n) is 7.06. The highest BCUT2D eigenvalue weighted by molar-refractivity contribution is 9.10. The largest absolute Gasteiger partial charge is 0.355 e. The molecular formula is C15H24BrN3. The van der Waals surface area contributed by atoms with E-state index in [4.69, 9.17) is 0 Å². The molecule has 0 aromatic carbocycles. The summed E-state index contributed by atoms with van der Waals surface area (Å²) >= 11 is 3.60. The number of halogens is 1. The van der Waals surface area contributed by atoms with Gasteiger partial charge in [-0.25, -0.2) is 4.98 Å². The van der Waals surface area contributed by atoms with Crippen molar-refractivity contribution in [3.8, 4) is 0 Å². The number of anilines is 1. The Balaban J connectivity index is 1.96. The van der Waals surface area contributed by atoms with Gasteiger partial charge < -0.3 is 10.2 Å². The fourth-order valence-electron chi connectivity index (χ4n) is 2.48. The number of hydrogen-bond acceptors (Lipinski definition) is 3. The molecule has 0 spiro atoms. The second kappa shape index (κ2) is 6.23. The highest BCUT2D eigenvalue weighted by Crippen LogP contribution is 2.27. The van der Waals surface area contributed by atoms with Crippen LogP contribution in [-0.2, 0) is 0 Å². The standard InChI is InChI=1S/C15H24BrN3/c1-15(2,3)18-10-12-6-5-9-19(11-12)14-13(16)7-4-8-17-14/h4,7-8,12,18H,5-6,9-11H2,1-3H3. The number of hydrogen-bond donors (Lipinski definition) is 1. The van der Waals surface area contributed by atoms with Crippen molar-refractivity contribution in [2.24, 2.45) is 5.92 Å². The lowest BCUT2D eigenvalue weighted by atomic mass is 9.96. The van der Waals surface area contributed by atoms with Crippen molar-refractivity contribution in [1.29, 1.82) is 0 Å². The quantitative estimate of drug-likeness (QED) is 0.922. The molecule has 1 aromatic rings. The van der Waals surface area contributed by atoms with E-state index in [1.165, 1.54) is 12.8 Å². The van der Waals surface area contributed by atoms with Crippen LogP contribution in [0.4, 0.5) is 5.82 Å². The average Bonchev–Trinajstić information content (AvgIpc) is 2.36. The normalized spacial score (nSPS) is 20.6. The molecule has 1 saturated heterocycles. The van der Waals surface area contributed by atoms with Gasteiger partial charge in [-0.15, -0.1) is 0 Å². The summed E-state index contributed by atoms with van der Waals surface area (Å²) in [6, 6.07) is 4.04. The zero-order valence-electron chi connectivity index (χ0n) is 12.1. The van der Waals surface area contributed by atoms with Crippen LogP contribution in [0.25, 0.3) is 0 Å². The summed E-state index contributed by atoms with van der Waals surface area (Å²) in [4.78, 5) is 6.91. The second-order valence-corrected chi connectivity index (χ2v) is 7.25. The Morgan fingerprint density at radius 1 is 1.47 bits per heavy atom. The second-order valence-electron chi connectivity index (χ2n) is 6.39. The van der Waals surface area contributed by atoms with Gasteiger partial charge in [0.1, 0.15) is 5.82 Å². The highest BCUT2D eigenvalue weighted by Gasteiger charge is 2.23. The summed E-state index contributed by atoms with van der Waals surface area (Å²) in [6.07, 6.45) is 4.43. The third kappa shape index (κ3) is 4.46. The molecule has 2 rings (SSSR count). The molecule has 2 heterocycles. The molecule has 0 saturated carbocycles. The summed E-state index contributed by atoms with van der Waals surface area (Å²) in [5.74, 6) is 1.80. The molecule has 0 radical (unpaired) electrons. The molecule has 3 nitrogen and oxygen atoms in total. The minimum Gasteiger partial charge on any atom is -0.355 e. The molecular weight excluding hydrogens is 302 g/mol. The van der Waals surface area contributed by atoms with E-state index in [-0.39, 0.29) is 5.54 Å². The molecule has 0 bridgehead atoms. The molecule has 1 aromatic heterocycles. The SMILES string of the molecule is CC(C)(C)NCC1CCCN(c2ncccc2Br)C1. The van der Waals surface area contributed by atoms with Crippen LogP contribution in [0, 0.1) is 5.92 Å². The lowest BCUT2D eigenvalue weighted by Gasteiger charge is -2.35. The van der Waals surface area contributed by atoms with Gasteiger partial charge in [-0.05, 0) is 67.6 Å². The van der Waals surface area contributed by atoms with Crippen molar-refractivity contribution in [3.05, 3.63) is 22.8 Å². The Labute approximate surface area is 124 Å². The number of nitrogens with zero attached hydrogens (tertiary/aromatic N) is 2. The maximum Gasteiger partial charge on any atom is 0.142 e. The zero-order chi connectivity index (χ0) is 13.9. The summed E-state index contributed by atoms with van der Waals surface area (Å²) in [5.41, 5.74) is 0.202. The number of piperidine rings is 1. The molecule has 1 aliphatic rings. The number of nitrogens with one attached hydrogen (secondary N) is 1. The van der Waals surface area contributed by atoms with E-state index in [0.717, 1.165) is 29.9 Å². The van der Waals surface area contributed by atoms with Crippen molar-refractivity contribution in [2.45, 2.75) is 39.2 Å². The summed E-state index contributed by atoms with van der Waals surface area (Å²) < 4.78 is 1.10. The lowest BCUT2D eigenvalue weighted by Crippen LogP contribution is -2.45. The molecule has 1 fully saturated rings. The van der Waals surface area contributed by atoms with E-state index in [2.05, 4.69) is 58.0 Å². The van der Waals surface area contributed by atoms with Gasteiger partial charge in [-0.2, -0.15) is 0 Å². The molecule has 4 heteroatoms. The molecule has 106 valence electrons. The van der Waals surface area contributed by atoms with Crippen LogP contribution in [0.15, 0.2) is 22.8 Å². The zero-order valence-corrected chi connectivity index (χ0v) is 13.7. The van der Waals surface area contributed by atoms with E-state index in [1.807, 2.05) is 12.3 Å². The van der Waals surface area contributed by atoms with Crippen LogP contribution in [0.3, 0.4) is 0 Å². The van der Waals surface area contributed by atoms with Gasteiger partial charge in [0.05, 0.1) is 4.47 Å². The Hall–Kier alpha value is -0.610. The van der Waals surface area contributed by atoms with E-state index in [0.29, 0.717) is 5.92 Å². The van der Waals surface area contributed by atoms with Gasteiger partial charge >= 0.3 is 0 Å². The predicted octanol–water partition coefficient (Wildman–Crippen LogP) is 3.45. The monoisotopic (exact) mass is 325 g/mol. The third-order valence-corrected chi connectivity index (χ3v) is 4.10. The van der Waals surface area contributed by atoms with Crippen LogP contribution in [0.2, 0.25) is 0 Å². The van der Waals surface area contributed by atoms with Crippen LogP contribution in [0.5, 0.6) is 0 Å². The molecule has 1 unspecified atom stereocenters. The van der Waals surface area contributed by atoms with Gasteiger partial charge in [0.2, 0.25) is 0 Å². The maximum atomic E-state index is 4.50. The topological polar surface area (TPSA) is 28.2 Å². The highest BCUT2D eigenvalue weighted by atomic mass is 79.9. The summed E-state index contributed by atoms with van der Waals surface area (Å²) in [7, 11) is 0. The Bertz CT molecular complexity index is 414. The van der Waals surface area contributed by atoms with Crippen molar-refractivity contribution in [2.75, 3.05) is 24.5 Å². The van der Waals surface area contributed by atoms with E-state index >= 15 is 0 Å². The Morgan fingerprint density at radius 2 is 2.26 bits per heavy atom.